The van der Waals surface area contributed by atoms with Gasteiger partial charge < -0.3 is 10.6 Å². The van der Waals surface area contributed by atoms with E-state index in [1.807, 2.05) is 0 Å². The van der Waals surface area contributed by atoms with Crippen LogP contribution in [0.2, 0.25) is 0 Å². The lowest BCUT2D eigenvalue weighted by atomic mass is 10.1. The predicted octanol–water partition coefficient (Wildman–Crippen LogP) is 2.82. The highest BCUT2D eigenvalue weighted by Crippen LogP contribution is 2.21. The van der Waals surface area contributed by atoms with Crippen LogP contribution in [0.4, 0.5) is 20.2 Å². The highest BCUT2D eigenvalue weighted by Gasteiger charge is 2.16. The maximum absolute atomic E-state index is 13.6. The third-order valence-electron chi connectivity index (χ3n) is 2.73. The van der Waals surface area contributed by atoms with Crippen molar-refractivity contribution in [3.05, 3.63) is 59.7 Å². The van der Waals surface area contributed by atoms with E-state index in [1.54, 1.807) is 24.3 Å². The summed E-state index contributed by atoms with van der Waals surface area (Å²) in [4.78, 5) is 13.2. The second-order valence-corrected chi connectivity index (χ2v) is 4.08. The molecule has 2 N–H and O–H groups in total. The molecule has 1 amide bonds. The molecule has 0 aliphatic heterocycles. The van der Waals surface area contributed by atoms with Crippen molar-refractivity contribution in [3.63, 3.8) is 0 Å². The van der Waals surface area contributed by atoms with E-state index in [1.165, 1.54) is 13.1 Å². The Morgan fingerprint density at radius 2 is 1.74 bits per heavy atom. The number of halogens is 2. The molecule has 0 bridgehead atoms. The minimum absolute atomic E-state index is 0.0169. The largest absolute Gasteiger partial charge is 0.399 e. The van der Waals surface area contributed by atoms with Crippen LogP contribution in [0.3, 0.4) is 0 Å². The zero-order valence-electron chi connectivity index (χ0n) is 10.2. The summed E-state index contributed by atoms with van der Waals surface area (Å²) in [5, 5.41) is 0. The van der Waals surface area contributed by atoms with Crippen molar-refractivity contribution in [2.75, 3.05) is 17.7 Å². The van der Waals surface area contributed by atoms with Crippen LogP contribution >= 0.6 is 0 Å². The Morgan fingerprint density at radius 3 is 2.32 bits per heavy atom. The summed E-state index contributed by atoms with van der Waals surface area (Å²) in [6.45, 7) is 0. The molecule has 0 atom stereocenters. The monoisotopic (exact) mass is 262 g/mol. The average Bonchev–Trinajstić information content (AvgIpc) is 2.38. The number of amides is 1. The normalized spacial score (nSPS) is 10.3. The van der Waals surface area contributed by atoms with E-state index in [9.17, 15) is 13.6 Å². The molecule has 3 nitrogen and oxygen atoms in total. The molecule has 0 radical (unpaired) electrons. The zero-order valence-corrected chi connectivity index (χ0v) is 10.2. The molecule has 0 heterocycles. The molecular formula is C14H12F2N2O. The Labute approximate surface area is 109 Å². The van der Waals surface area contributed by atoms with Crippen LogP contribution in [0.1, 0.15) is 10.4 Å². The number of nitrogens with zero attached hydrogens (tertiary/aromatic N) is 1. The molecule has 2 aromatic carbocycles. The van der Waals surface area contributed by atoms with E-state index in [-0.39, 0.29) is 5.69 Å². The second kappa shape index (κ2) is 5.06. The summed E-state index contributed by atoms with van der Waals surface area (Å²) in [6.07, 6.45) is 0. The fraction of sp³-hybridized carbons (Fsp3) is 0.0714. The first-order chi connectivity index (χ1) is 8.99. The van der Waals surface area contributed by atoms with E-state index in [0.29, 0.717) is 11.3 Å². The third kappa shape index (κ3) is 2.70. The highest BCUT2D eigenvalue weighted by atomic mass is 19.1. The summed E-state index contributed by atoms with van der Waals surface area (Å²) >= 11 is 0. The maximum atomic E-state index is 13.6. The van der Waals surface area contributed by atoms with Gasteiger partial charge in [-0.2, -0.15) is 0 Å². The number of carbonyl (C=O) groups is 1. The van der Waals surface area contributed by atoms with Crippen molar-refractivity contribution in [2.24, 2.45) is 0 Å². The minimum Gasteiger partial charge on any atom is -0.399 e. The topological polar surface area (TPSA) is 46.3 Å². The van der Waals surface area contributed by atoms with E-state index < -0.39 is 17.5 Å². The van der Waals surface area contributed by atoms with Crippen LogP contribution in [0.5, 0.6) is 0 Å². The van der Waals surface area contributed by atoms with E-state index in [0.717, 1.165) is 17.0 Å². The van der Waals surface area contributed by atoms with E-state index in [2.05, 4.69) is 0 Å². The number of hydrogen-bond donors (Lipinski definition) is 1. The zero-order chi connectivity index (χ0) is 14.0. The number of nitrogen functional groups attached to an aromatic ring is 1. The Morgan fingerprint density at radius 1 is 1.11 bits per heavy atom. The second-order valence-electron chi connectivity index (χ2n) is 4.08. The number of benzene rings is 2. The van der Waals surface area contributed by atoms with Crippen LogP contribution in [0.15, 0.2) is 42.5 Å². The van der Waals surface area contributed by atoms with Gasteiger partial charge in [-0.1, -0.05) is 0 Å². The van der Waals surface area contributed by atoms with Gasteiger partial charge >= 0.3 is 0 Å². The van der Waals surface area contributed by atoms with Gasteiger partial charge in [0, 0.05) is 24.4 Å². The summed E-state index contributed by atoms with van der Waals surface area (Å²) in [5.41, 5.74) is 6.45. The Hall–Kier alpha value is -2.43. The quantitative estimate of drug-likeness (QED) is 0.846. The lowest BCUT2D eigenvalue weighted by Crippen LogP contribution is -2.27. The van der Waals surface area contributed by atoms with E-state index >= 15 is 0 Å². The molecule has 98 valence electrons. The molecule has 0 saturated heterocycles. The first-order valence-corrected chi connectivity index (χ1v) is 5.57. The standard InChI is InChI=1S/C14H12F2N2O/c1-18(13-7-4-10(15)8-12(13)16)14(19)9-2-5-11(17)6-3-9/h2-8H,17H2,1H3. The average molecular weight is 262 g/mol. The third-order valence-corrected chi connectivity index (χ3v) is 2.73. The Kier molecular flexibility index (Phi) is 3.46. The summed E-state index contributed by atoms with van der Waals surface area (Å²) < 4.78 is 26.4. The first-order valence-electron chi connectivity index (χ1n) is 5.57. The molecule has 0 saturated carbocycles. The van der Waals surface area contributed by atoms with Crippen molar-refractivity contribution in [3.8, 4) is 0 Å². The summed E-state index contributed by atoms with van der Waals surface area (Å²) in [6, 6.07) is 9.34. The van der Waals surface area contributed by atoms with Gasteiger partial charge in [-0.3, -0.25) is 4.79 Å². The van der Waals surface area contributed by atoms with Gasteiger partial charge in [0.05, 0.1) is 5.69 Å². The molecule has 2 rings (SSSR count). The lowest BCUT2D eigenvalue weighted by Gasteiger charge is -2.18. The van der Waals surface area contributed by atoms with Crippen LogP contribution in [0.25, 0.3) is 0 Å². The Balaban J connectivity index is 2.30. The van der Waals surface area contributed by atoms with Crippen molar-refractivity contribution in [1.82, 2.24) is 0 Å². The number of carbonyl (C=O) groups excluding carboxylic acids is 1. The smallest absolute Gasteiger partial charge is 0.258 e. The first kappa shape index (κ1) is 13.0. The molecule has 5 heteroatoms. The van der Waals surface area contributed by atoms with Gasteiger partial charge in [0.25, 0.3) is 5.91 Å². The van der Waals surface area contributed by atoms with Crippen molar-refractivity contribution < 1.29 is 13.6 Å². The lowest BCUT2D eigenvalue weighted by molar-refractivity contribution is 0.0992. The maximum Gasteiger partial charge on any atom is 0.258 e. The van der Waals surface area contributed by atoms with Gasteiger partial charge in [0.1, 0.15) is 11.6 Å². The van der Waals surface area contributed by atoms with Gasteiger partial charge in [0.2, 0.25) is 0 Å². The van der Waals surface area contributed by atoms with Crippen molar-refractivity contribution >= 4 is 17.3 Å². The van der Waals surface area contributed by atoms with Crippen LogP contribution in [0, 0.1) is 11.6 Å². The van der Waals surface area contributed by atoms with Crippen molar-refractivity contribution in [2.45, 2.75) is 0 Å². The number of rotatable bonds is 2. The van der Waals surface area contributed by atoms with Crippen LogP contribution < -0.4 is 10.6 Å². The minimum atomic E-state index is -0.786. The van der Waals surface area contributed by atoms with Crippen LogP contribution in [-0.2, 0) is 0 Å². The van der Waals surface area contributed by atoms with Crippen molar-refractivity contribution in [1.29, 1.82) is 0 Å². The molecule has 19 heavy (non-hydrogen) atoms. The Bertz CT molecular complexity index is 611. The van der Waals surface area contributed by atoms with Crippen LogP contribution in [-0.4, -0.2) is 13.0 Å². The molecule has 0 unspecified atom stereocenters. The van der Waals surface area contributed by atoms with E-state index in [4.69, 9.17) is 5.73 Å². The highest BCUT2D eigenvalue weighted by molar-refractivity contribution is 6.05. The molecule has 0 spiro atoms. The number of anilines is 2. The summed E-state index contributed by atoms with van der Waals surface area (Å²) in [5.74, 6) is -1.87. The van der Waals surface area contributed by atoms with Gasteiger partial charge in [-0.15, -0.1) is 0 Å². The summed E-state index contributed by atoms with van der Waals surface area (Å²) in [7, 11) is 1.43. The van der Waals surface area contributed by atoms with Gasteiger partial charge in [-0.05, 0) is 36.4 Å². The predicted molar refractivity (Wildman–Crippen MR) is 69.9 cm³/mol. The SMILES string of the molecule is CN(C(=O)c1ccc(N)cc1)c1ccc(F)cc1F. The number of hydrogen-bond acceptors (Lipinski definition) is 2. The molecule has 2 aromatic rings. The molecule has 0 aliphatic rings. The van der Waals surface area contributed by atoms with Gasteiger partial charge in [-0.25, -0.2) is 8.78 Å². The molecule has 0 fully saturated rings. The molecule has 0 aliphatic carbocycles. The molecular weight excluding hydrogens is 250 g/mol. The molecule has 0 aromatic heterocycles. The fourth-order valence-electron chi connectivity index (χ4n) is 1.68. The number of nitrogens with two attached hydrogens (primary N) is 1. The fourth-order valence-corrected chi connectivity index (χ4v) is 1.68. The van der Waals surface area contributed by atoms with Gasteiger partial charge in [0.15, 0.2) is 0 Å².